The molecule has 0 spiro atoms. The van der Waals surface area contributed by atoms with Crippen LogP contribution in [0.4, 0.5) is 5.69 Å². The van der Waals surface area contributed by atoms with E-state index in [0.717, 1.165) is 29.3 Å². The second-order valence-electron chi connectivity index (χ2n) is 5.61. The lowest BCUT2D eigenvalue weighted by molar-refractivity contribution is 0.354. The molecule has 106 valence electrons. The molecule has 0 bridgehead atoms. The van der Waals surface area contributed by atoms with Crippen LogP contribution in [0.25, 0.3) is 11.5 Å². The number of anilines is 1. The number of nitrogens with two attached hydrogens (primary N) is 1. The molecule has 2 aromatic rings. The van der Waals surface area contributed by atoms with E-state index in [9.17, 15) is 0 Å². The molecular formula is C15H20N4O. The van der Waals surface area contributed by atoms with Gasteiger partial charge >= 0.3 is 0 Å². The summed E-state index contributed by atoms with van der Waals surface area (Å²) in [6.45, 7) is 1.79. The molecule has 3 rings (SSSR count). The average Bonchev–Trinajstić information content (AvgIpc) is 2.89. The summed E-state index contributed by atoms with van der Waals surface area (Å²) in [5.74, 6) is 1.82. The number of rotatable bonds is 3. The Morgan fingerprint density at radius 2 is 2.10 bits per heavy atom. The predicted molar refractivity (Wildman–Crippen MR) is 77.0 cm³/mol. The summed E-state index contributed by atoms with van der Waals surface area (Å²) in [5.41, 5.74) is 8.64. The van der Waals surface area contributed by atoms with E-state index in [-0.39, 0.29) is 0 Å². The van der Waals surface area contributed by atoms with Crippen LogP contribution in [0.15, 0.2) is 16.8 Å². The van der Waals surface area contributed by atoms with Gasteiger partial charge in [0.05, 0.1) is 16.9 Å². The van der Waals surface area contributed by atoms with Crippen LogP contribution < -0.4 is 5.73 Å². The zero-order valence-electron chi connectivity index (χ0n) is 11.8. The second kappa shape index (κ2) is 5.61. The molecule has 5 heteroatoms. The average molecular weight is 272 g/mol. The van der Waals surface area contributed by atoms with E-state index in [0.29, 0.717) is 11.7 Å². The van der Waals surface area contributed by atoms with Gasteiger partial charge in [0.15, 0.2) is 5.82 Å². The fraction of sp³-hybridized carbons (Fsp3) is 0.533. The molecule has 2 aromatic heterocycles. The Balaban J connectivity index is 1.76. The van der Waals surface area contributed by atoms with Crippen LogP contribution in [0.1, 0.15) is 43.6 Å². The quantitative estimate of drug-likeness (QED) is 0.928. The summed E-state index contributed by atoms with van der Waals surface area (Å²) >= 11 is 0. The summed E-state index contributed by atoms with van der Waals surface area (Å²) in [6, 6.07) is 1.89. The molecule has 1 aliphatic carbocycles. The first-order valence-electron chi connectivity index (χ1n) is 7.27. The minimum Gasteiger partial charge on any atom is -0.397 e. The summed E-state index contributed by atoms with van der Waals surface area (Å²) in [4.78, 5) is 8.70. The van der Waals surface area contributed by atoms with Crippen LogP contribution >= 0.6 is 0 Å². The zero-order valence-corrected chi connectivity index (χ0v) is 11.8. The highest BCUT2D eigenvalue weighted by Crippen LogP contribution is 2.29. The Kier molecular flexibility index (Phi) is 3.67. The first kappa shape index (κ1) is 13.1. The lowest BCUT2D eigenvalue weighted by atomic mass is 9.86. The summed E-state index contributed by atoms with van der Waals surface area (Å²) in [5, 5.41) is 3.78. The Morgan fingerprint density at radius 3 is 2.75 bits per heavy atom. The van der Waals surface area contributed by atoms with E-state index in [2.05, 4.69) is 15.1 Å². The van der Waals surface area contributed by atoms with Gasteiger partial charge in [-0.15, -0.1) is 0 Å². The minimum absolute atomic E-state index is 0.478. The summed E-state index contributed by atoms with van der Waals surface area (Å²) < 4.78 is 5.14. The van der Waals surface area contributed by atoms with Gasteiger partial charge in [0.1, 0.15) is 0 Å². The van der Waals surface area contributed by atoms with E-state index in [1.54, 1.807) is 13.1 Å². The van der Waals surface area contributed by atoms with Gasteiger partial charge in [0.25, 0.3) is 5.89 Å². The maximum Gasteiger partial charge on any atom is 0.259 e. The van der Waals surface area contributed by atoms with E-state index in [1.807, 2.05) is 6.07 Å². The standard InChI is InChI=1S/C15H20N4O/c1-10-18-15(20-19-10)12-8-13(16)14(17-9-12)7-11-5-3-2-4-6-11/h8-9,11H,2-7,16H2,1H3. The maximum absolute atomic E-state index is 6.13. The molecule has 1 aliphatic rings. The summed E-state index contributed by atoms with van der Waals surface area (Å²) in [7, 11) is 0. The molecule has 2 N–H and O–H groups in total. The number of hydrogen-bond donors (Lipinski definition) is 1. The maximum atomic E-state index is 6.13. The Morgan fingerprint density at radius 1 is 1.30 bits per heavy atom. The highest BCUT2D eigenvalue weighted by Gasteiger charge is 2.17. The number of aryl methyl sites for hydroxylation is 1. The molecule has 0 atom stereocenters. The molecule has 1 fully saturated rings. The second-order valence-corrected chi connectivity index (χ2v) is 5.61. The first-order chi connectivity index (χ1) is 9.72. The third kappa shape index (κ3) is 2.81. The van der Waals surface area contributed by atoms with Crippen molar-refractivity contribution in [2.45, 2.75) is 45.4 Å². The van der Waals surface area contributed by atoms with E-state index in [4.69, 9.17) is 10.3 Å². The van der Waals surface area contributed by atoms with Crippen LogP contribution in [0.2, 0.25) is 0 Å². The van der Waals surface area contributed by atoms with Crippen LogP contribution in [0, 0.1) is 12.8 Å². The van der Waals surface area contributed by atoms with Crippen LogP contribution in [-0.4, -0.2) is 15.1 Å². The van der Waals surface area contributed by atoms with Crippen LogP contribution in [0.3, 0.4) is 0 Å². The molecule has 2 heterocycles. The lowest BCUT2D eigenvalue weighted by Gasteiger charge is -2.21. The van der Waals surface area contributed by atoms with E-state index >= 15 is 0 Å². The Bertz CT molecular complexity index is 587. The van der Waals surface area contributed by atoms with Crippen molar-refractivity contribution in [3.63, 3.8) is 0 Å². The fourth-order valence-electron chi connectivity index (χ4n) is 2.88. The Hall–Kier alpha value is -1.91. The van der Waals surface area contributed by atoms with Crippen molar-refractivity contribution in [1.29, 1.82) is 0 Å². The summed E-state index contributed by atoms with van der Waals surface area (Å²) in [6.07, 6.45) is 9.40. The third-order valence-electron chi connectivity index (χ3n) is 3.98. The van der Waals surface area contributed by atoms with Crippen molar-refractivity contribution in [1.82, 2.24) is 15.1 Å². The van der Waals surface area contributed by atoms with E-state index in [1.165, 1.54) is 32.1 Å². The van der Waals surface area contributed by atoms with Gasteiger partial charge in [-0.3, -0.25) is 4.98 Å². The van der Waals surface area contributed by atoms with Crippen LogP contribution in [0.5, 0.6) is 0 Å². The monoisotopic (exact) mass is 272 g/mol. The SMILES string of the molecule is Cc1noc(-c2cnc(CC3CCCCC3)c(N)c2)n1. The van der Waals surface area contributed by atoms with Gasteiger partial charge in [0, 0.05) is 6.20 Å². The van der Waals surface area contributed by atoms with Gasteiger partial charge < -0.3 is 10.3 Å². The van der Waals surface area contributed by atoms with Crippen LogP contribution in [-0.2, 0) is 6.42 Å². The van der Waals surface area contributed by atoms with Gasteiger partial charge in [-0.25, -0.2) is 0 Å². The number of pyridine rings is 1. The third-order valence-corrected chi connectivity index (χ3v) is 3.98. The normalized spacial score (nSPS) is 16.4. The van der Waals surface area contributed by atoms with Crippen molar-refractivity contribution >= 4 is 5.69 Å². The highest BCUT2D eigenvalue weighted by atomic mass is 16.5. The minimum atomic E-state index is 0.478. The van der Waals surface area contributed by atoms with Crippen molar-refractivity contribution in [2.24, 2.45) is 5.92 Å². The predicted octanol–water partition coefficient (Wildman–Crippen LogP) is 3.15. The van der Waals surface area contributed by atoms with Gasteiger partial charge in [-0.1, -0.05) is 37.3 Å². The highest BCUT2D eigenvalue weighted by molar-refractivity contribution is 5.59. The number of nitrogen functional groups attached to an aromatic ring is 1. The number of aromatic nitrogens is 3. The van der Waals surface area contributed by atoms with Crippen molar-refractivity contribution < 1.29 is 4.52 Å². The first-order valence-corrected chi connectivity index (χ1v) is 7.27. The largest absolute Gasteiger partial charge is 0.397 e. The fourth-order valence-corrected chi connectivity index (χ4v) is 2.88. The molecule has 0 radical (unpaired) electrons. The molecule has 20 heavy (non-hydrogen) atoms. The van der Waals surface area contributed by atoms with Gasteiger partial charge in [-0.05, 0) is 25.3 Å². The van der Waals surface area contributed by atoms with Gasteiger partial charge in [0.2, 0.25) is 0 Å². The van der Waals surface area contributed by atoms with Crippen molar-refractivity contribution in [3.05, 3.63) is 23.8 Å². The lowest BCUT2D eigenvalue weighted by Crippen LogP contribution is -2.11. The molecule has 0 amide bonds. The molecule has 0 unspecified atom stereocenters. The topological polar surface area (TPSA) is 77.8 Å². The molecule has 0 aromatic carbocycles. The van der Waals surface area contributed by atoms with Crippen molar-refractivity contribution in [3.8, 4) is 11.5 Å². The van der Waals surface area contributed by atoms with Crippen molar-refractivity contribution in [2.75, 3.05) is 5.73 Å². The van der Waals surface area contributed by atoms with E-state index < -0.39 is 0 Å². The zero-order chi connectivity index (χ0) is 13.9. The molecule has 0 saturated heterocycles. The molecule has 1 saturated carbocycles. The molecule has 0 aliphatic heterocycles. The molecular weight excluding hydrogens is 252 g/mol. The number of hydrogen-bond acceptors (Lipinski definition) is 5. The van der Waals surface area contributed by atoms with Gasteiger partial charge in [-0.2, -0.15) is 4.98 Å². The Labute approximate surface area is 118 Å². The number of nitrogens with zero attached hydrogens (tertiary/aromatic N) is 3. The molecule has 5 nitrogen and oxygen atoms in total. The smallest absolute Gasteiger partial charge is 0.259 e.